The normalized spacial score (nSPS) is 12.6. The lowest BCUT2D eigenvalue weighted by Gasteiger charge is -2.12. The van der Waals surface area contributed by atoms with Crippen LogP contribution in [0.2, 0.25) is 0 Å². The molecule has 2 heterocycles. The van der Waals surface area contributed by atoms with Crippen LogP contribution in [-0.2, 0) is 32.9 Å². The smallest absolute Gasteiger partial charge is 0.264 e. The van der Waals surface area contributed by atoms with E-state index >= 15 is 0 Å². The number of aliphatic hydroxyl groups excluding tert-OH is 1. The number of nitrogens with zero attached hydrogens (tertiary/aromatic N) is 3. The quantitative estimate of drug-likeness (QED) is 0.446. The molecule has 0 bridgehead atoms. The minimum atomic E-state index is -4.20. The highest BCUT2D eigenvalue weighted by molar-refractivity contribution is 7.90. The summed E-state index contributed by atoms with van der Waals surface area (Å²) in [7, 11) is -7.90. The second kappa shape index (κ2) is 7.15. The van der Waals surface area contributed by atoms with Gasteiger partial charge >= 0.3 is 0 Å². The molecule has 12 heteroatoms. The summed E-state index contributed by atoms with van der Waals surface area (Å²) in [5.41, 5.74) is -0.218. The number of hydrogen-bond donors (Lipinski definition) is 2. The van der Waals surface area contributed by atoms with Gasteiger partial charge in [0.15, 0.2) is 0 Å². The maximum atomic E-state index is 12.5. The van der Waals surface area contributed by atoms with Crippen molar-refractivity contribution in [2.75, 3.05) is 18.6 Å². The average Bonchev–Trinajstić information content (AvgIpc) is 2.48. The Morgan fingerprint density at radius 3 is 2.48 bits per heavy atom. The van der Waals surface area contributed by atoms with Gasteiger partial charge in [0.2, 0.25) is 15.0 Å². The topological polar surface area (TPSA) is 157 Å². The number of aryl methyl sites for hydroxylation is 1. The van der Waals surface area contributed by atoms with Crippen LogP contribution in [0, 0.1) is 0 Å². The van der Waals surface area contributed by atoms with Crippen LogP contribution in [0.3, 0.4) is 0 Å². The van der Waals surface area contributed by atoms with Gasteiger partial charge in [0.1, 0.15) is 5.65 Å². The lowest BCUT2D eigenvalue weighted by Crippen LogP contribution is -2.27. The minimum Gasteiger partial charge on any atom is -0.396 e. The molecule has 0 aliphatic rings. The molecule has 0 atom stereocenters. The van der Waals surface area contributed by atoms with E-state index in [1.165, 1.54) is 12.3 Å². The first-order valence-electron chi connectivity index (χ1n) is 7.18. The van der Waals surface area contributed by atoms with E-state index in [0.29, 0.717) is 5.39 Å². The standard InChI is InChI=1S/C13H17N3O7S2/c1-24(19,20)13-14-8-10-7-9(3-5-17)12(18)16(11(10)15-13)4-2-6-25(21,22)23/h7-8,17H,2-6H2,1H3,(H,21,22,23). The van der Waals surface area contributed by atoms with E-state index in [1.807, 2.05) is 0 Å². The van der Waals surface area contributed by atoms with E-state index < -0.39 is 36.4 Å². The van der Waals surface area contributed by atoms with E-state index in [2.05, 4.69) is 9.97 Å². The molecule has 0 aliphatic heterocycles. The number of pyridine rings is 1. The molecule has 0 saturated heterocycles. The van der Waals surface area contributed by atoms with Crippen LogP contribution in [0.5, 0.6) is 0 Å². The monoisotopic (exact) mass is 391 g/mol. The van der Waals surface area contributed by atoms with Gasteiger partial charge in [-0.1, -0.05) is 0 Å². The fourth-order valence-electron chi connectivity index (χ4n) is 2.29. The van der Waals surface area contributed by atoms with Gasteiger partial charge in [-0.15, -0.1) is 0 Å². The van der Waals surface area contributed by atoms with E-state index in [0.717, 1.165) is 10.8 Å². The molecule has 2 aromatic heterocycles. The van der Waals surface area contributed by atoms with Gasteiger partial charge in [0.05, 0.1) is 5.75 Å². The predicted octanol–water partition coefficient (Wildman–Crippen LogP) is -0.992. The number of aromatic nitrogens is 3. The first kappa shape index (κ1) is 19.4. The van der Waals surface area contributed by atoms with Crippen LogP contribution in [0.1, 0.15) is 12.0 Å². The highest BCUT2D eigenvalue weighted by Crippen LogP contribution is 2.14. The highest BCUT2D eigenvalue weighted by atomic mass is 32.2. The second-order valence-corrected chi connectivity index (χ2v) is 8.92. The van der Waals surface area contributed by atoms with Crippen molar-refractivity contribution in [2.45, 2.75) is 24.5 Å². The number of hydrogen-bond acceptors (Lipinski definition) is 8. The number of aliphatic hydroxyl groups is 1. The summed E-state index contributed by atoms with van der Waals surface area (Å²) in [6.45, 7) is -0.372. The Labute approximate surface area is 143 Å². The summed E-state index contributed by atoms with van der Waals surface area (Å²) >= 11 is 0. The lowest BCUT2D eigenvalue weighted by atomic mass is 10.1. The molecule has 2 aromatic rings. The average molecular weight is 391 g/mol. The van der Waals surface area contributed by atoms with Crippen molar-refractivity contribution in [3.63, 3.8) is 0 Å². The van der Waals surface area contributed by atoms with Gasteiger partial charge in [-0.25, -0.2) is 13.4 Å². The van der Waals surface area contributed by atoms with E-state index in [-0.39, 0.29) is 37.2 Å². The van der Waals surface area contributed by atoms with Gasteiger partial charge < -0.3 is 5.11 Å². The van der Waals surface area contributed by atoms with Crippen LogP contribution >= 0.6 is 0 Å². The van der Waals surface area contributed by atoms with Crippen LogP contribution in [0.15, 0.2) is 22.2 Å². The zero-order valence-corrected chi connectivity index (χ0v) is 14.9. The number of sulfone groups is 1. The van der Waals surface area contributed by atoms with Crippen molar-refractivity contribution in [3.8, 4) is 0 Å². The zero-order chi connectivity index (χ0) is 18.8. The molecular formula is C13H17N3O7S2. The fourth-order valence-corrected chi connectivity index (χ4v) is 3.28. The molecule has 10 nitrogen and oxygen atoms in total. The SMILES string of the molecule is CS(=O)(=O)c1ncc2cc(CCO)c(=O)n(CCCS(=O)(=O)O)c2n1. The Kier molecular flexibility index (Phi) is 5.56. The van der Waals surface area contributed by atoms with Crippen molar-refractivity contribution in [3.05, 3.63) is 28.2 Å². The minimum absolute atomic E-state index is 0.0393. The third kappa shape index (κ3) is 4.81. The van der Waals surface area contributed by atoms with Gasteiger partial charge in [-0.2, -0.15) is 13.4 Å². The van der Waals surface area contributed by atoms with Crippen LogP contribution < -0.4 is 5.56 Å². The highest BCUT2D eigenvalue weighted by Gasteiger charge is 2.16. The predicted molar refractivity (Wildman–Crippen MR) is 88.7 cm³/mol. The molecule has 0 aromatic carbocycles. The summed E-state index contributed by atoms with van der Waals surface area (Å²) in [4.78, 5) is 20.2. The van der Waals surface area contributed by atoms with Crippen LogP contribution in [0.25, 0.3) is 11.0 Å². The second-order valence-electron chi connectivity index (χ2n) is 5.44. The summed E-state index contributed by atoms with van der Waals surface area (Å²) in [6.07, 6.45) is 2.17. The van der Waals surface area contributed by atoms with E-state index in [1.54, 1.807) is 0 Å². The van der Waals surface area contributed by atoms with Crippen molar-refractivity contribution < 1.29 is 26.5 Å². The van der Waals surface area contributed by atoms with E-state index in [4.69, 9.17) is 9.66 Å². The molecule has 0 unspecified atom stereocenters. The van der Waals surface area contributed by atoms with Crippen molar-refractivity contribution in [2.24, 2.45) is 0 Å². The third-order valence-corrected chi connectivity index (χ3v) is 5.04. The maximum Gasteiger partial charge on any atom is 0.264 e. The van der Waals surface area contributed by atoms with Crippen LogP contribution in [0.4, 0.5) is 0 Å². The molecule has 0 aliphatic carbocycles. The molecule has 0 saturated carbocycles. The number of fused-ring (bicyclic) bond motifs is 1. The number of rotatable bonds is 7. The Bertz CT molecular complexity index is 1060. The Hall–Kier alpha value is -1.89. The molecule has 138 valence electrons. The fraction of sp³-hybridized carbons (Fsp3) is 0.462. The van der Waals surface area contributed by atoms with Gasteiger partial charge in [0.25, 0.3) is 15.7 Å². The molecule has 0 spiro atoms. The first-order valence-corrected chi connectivity index (χ1v) is 10.7. The van der Waals surface area contributed by atoms with Gasteiger partial charge in [-0.05, 0) is 12.5 Å². The molecule has 0 amide bonds. The Morgan fingerprint density at radius 1 is 1.24 bits per heavy atom. The van der Waals surface area contributed by atoms with Crippen molar-refractivity contribution >= 4 is 31.0 Å². The lowest BCUT2D eigenvalue weighted by molar-refractivity contribution is 0.299. The summed E-state index contributed by atoms with van der Waals surface area (Å²) < 4.78 is 54.9. The molecule has 0 fully saturated rings. The first-order chi connectivity index (χ1) is 11.5. The third-order valence-electron chi connectivity index (χ3n) is 3.38. The summed E-state index contributed by atoms with van der Waals surface area (Å²) in [5, 5.41) is 8.99. The summed E-state index contributed by atoms with van der Waals surface area (Å²) in [5.74, 6) is -0.560. The van der Waals surface area contributed by atoms with Crippen molar-refractivity contribution in [1.82, 2.24) is 14.5 Å². The largest absolute Gasteiger partial charge is 0.396 e. The molecule has 25 heavy (non-hydrogen) atoms. The molecule has 2 N–H and O–H groups in total. The Morgan fingerprint density at radius 2 is 1.92 bits per heavy atom. The molecule has 0 radical (unpaired) electrons. The van der Waals surface area contributed by atoms with Gasteiger partial charge in [0, 0.05) is 43.0 Å². The Balaban J connectivity index is 2.63. The van der Waals surface area contributed by atoms with E-state index in [9.17, 15) is 21.6 Å². The molecular weight excluding hydrogens is 374 g/mol. The molecule has 2 rings (SSSR count). The van der Waals surface area contributed by atoms with Crippen LogP contribution in [-0.4, -0.2) is 59.6 Å². The van der Waals surface area contributed by atoms with Crippen molar-refractivity contribution in [1.29, 1.82) is 0 Å². The maximum absolute atomic E-state index is 12.5. The zero-order valence-electron chi connectivity index (χ0n) is 13.3. The summed E-state index contributed by atoms with van der Waals surface area (Å²) in [6, 6.07) is 1.46. The van der Waals surface area contributed by atoms with Gasteiger partial charge in [-0.3, -0.25) is 13.9 Å².